The lowest BCUT2D eigenvalue weighted by molar-refractivity contribution is 0.122. The number of ether oxygens (including phenoxy) is 1. The van der Waals surface area contributed by atoms with Gasteiger partial charge in [0.2, 0.25) is 0 Å². The SMILES string of the molecule is C1=CC2=C(CC1)C(C1CCC1)Cc1c2ccc2cc(-c3ccc(N4CCOCC4)nc3)ccc12.C1=NCCS1. The Kier molecular flexibility index (Phi) is 7.28. The minimum atomic E-state index is 0.753. The molecule has 0 bridgehead atoms. The predicted molar refractivity (Wildman–Crippen MR) is 166 cm³/mol. The smallest absolute Gasteiger partial charge is 0.128 e. The van der Waals surface area contributed by atoms with E-state index < -0.39 is 0 Å². The van der Waals surface area contributed by atoms with Crippen molar-refractivity contribution in [2.45, 2.75) is 38.5 Å². The van der Waals surface area contributed by atoms with Gasteiger partial charge in [-0.3, -0.25) is 4.99 Å². The highest BCUT2D eigenvalue weighted by atomic mass is 32.2. The van der Waals surface area contributed by atoms with Crippen LogP contribution < -0.4 is 4.90 Å². The largest absolute Gasteiger partial charge is 0.378 e. The topological polar surface area (TPSA) is 37.7 Å². The molecule has 200 valence electrons. The van der Waals surface area contributed by atoms with E-state index in [0.29, 0.717) is 0 Å². The van der Waals surface area contributed by atoms with Crippen LogP contribution in [-0.2, 0) is 11.2 Å². The molecule has 0 radical (unpaired) electrons. The molecule has 5 heteroatoms. The van der Waals surface area contributed by atoms with Gasteiger partial charge in [-0.2, -0.15) is 0 Å². The van der Waals surface area contributed by atoms with Crippen molar-refractivity contribution in [2.75, 3.05) is 43.5 Å². The highest BCUT2D eigenvalue weighted by Crippen LogP contribution is 2.49. The maximum atomic E-state index is 5.48. The first kappa shape index (κ1) is 25.1. The molecule has 0 spiro atoms. The van der Waals surface area contributed by atoms with Gasteiger partial charge in [0, 0.05) is 37.1 Å². The third-order valence-electron chi connectivity index (χ3n) is 9.13. The van der Waals surface area contributed by atoms with Gasteiger partial charge in [-0.1, -0.05) is 48.4 Å². The number of morpholine rings is 1. The zero-order valence-electron chi connectivity index (χ0n) is 22.6. The second-order valence-corrected chi connectivity index (χ2v) is 12.2. The van der Waals surface area contributed by atoms with Crippen LogP contribution in [0, 0.1) is 11.8 Å². The average Bonchev–Trinajstić information content (AvgIpc) is 3.57. The molecule has 0 N–H and O–H groups in total. The Balaban J connectivity index is 0.000000458. The van der Waals surface area contributed by atoms with Crippen molar-refractivity contribution in [1.82, 2.24) is 4.98 Å². The van der Waals surface area contributed by atoms with Gasteiger partial charge in [-0.25, -0.2) is 4.98 Å². The molecule has 39 heavy (non-hydrogen) atoms. The number of aliphatic imine (C=N–C) groups is 1. The number of thioether (sulfide) groups is 1. The van der Waals surface area contributed by atoms with Crippen molar-refractivity contribution in [3.05, 3.63) is 77.5 Å². The summed E-state index contributed by atoms with van der Waals surface area (Å²) in [6.45, 7) is 4.44. The third-order valence-corrected chi connectivity index (χ3v) is 9.84. The normalized spacial score (nSPS) is 22.3. The monoisotopic (exact) mass is 535 g/mol. The minimum absolute atomic E-state index is 0.753. The molecule has 3 heterocycles. The van der Waals surface area contributed by atoms with Gasteiger partial charge in [-0.05, 0) is 95.2 Å². The molecule has 3 aliphatic carbocycles. The Morgan fingerprint density at radius 2 is 1.87 bits per heavy atom. The Morgan fingerprint density at radius 1 is 0.974 bits per heavy atom. The van der Waals surface area contributed by atoms with E-state index >= 15 is 0 Å². The fourth-order valence-corrected chi connectivity index (χ4v) is 7.34. The fraction of sp³-hybridized carbons (Fsp3) is 0.412. The van der Waals surface area contributed by atoms with Crippen molar-refractivity contribution in [3.8, 4) is 11.1 Å². The first-order chi connectivity index (χ1) is 19.3. The third kappa shape index (κ3) is 5.07. The van der Waals surface area contributed by atoms with Gasteiger partial charge in [0.25, 0.3) is 0 Å². The van der Waals surface area contributed by atoms with Crippen LogP contribution in [0.3, 0.4) is 0 Å². The summed E-state index contributed by atoms with van der Waals surface area (Å²) >= 11 is 1.78. The summed E-state index contributed by atoms with van der Waals surface area (Å²) in [6.07, 6.45) is 14.8. The van der Waals surface area contributed by atoms with Gasteiger partial charge in [0.05, 0.1) is 18.8 Å². The lowest BCUT2D eigenvalue weighted by Crippen LogP contribution is -2.36. The van der Waals surface area contributed by atoms with Crippen LogP contribution in [0.2, 0.25) is 0 Å². The molecule has 1 saturated carbocycles. The molecule has 1 aromatic heterocycles. The Hall–Kier alpha value is -2.89. The van der Waals surface area contributed by atoms with Crippen molar-refractivity contribution in [2.24, 2.45) is 16.8 Å². The molecule has 0 amide bonds. The van der Waals surface area contributed by atoms with Gasteiger partial charge in [0.15, 0.2) is 0 Å². The van der Waals surface area contributed by atoms with Crippen LogP contribution in [-0.4, -0.2) is 49.1 Å². The summed E-state index contributed by atoms with van der Waals surface area (Å²) in [5, 5.41) is 2.79. The maximum absolute atomic E-state index is 5.48. The number of benzene rings is 2. The van der Waals surface area contributed by atoms with E-state index in [-0.39, 0.29) is 0 Å². The number of aromatic nitrogens is 1. The number of fused-ring (bicyclic) bond motifs is 4. The number of rotatable bonds is 3. The Bertz CT molecular complexity index is 1420. The summed E-state index contributed by atoms with van der Waals surface area (Å²) in [6, 6.07) is 16.1. The number of hydrogen-bond acceptors (Lipinski definition) is 5. The summed E-state index contributed by atoms with van der Waals surface area (Å²) in [7, 11) is 0. The van der Waals surface area contributed by atoms with E-state index in [1.807, 2.05) is 11.7 Å². The number of hydrogen-bond donors (Lipinski definition) is 0. The zero-order valence-corrected chi connectivity index (χ0v) is 23.5. The second-order valence-electron chi connectivity index (χ2n) is 11.3. The number of pyridine rings is 1. The summed E-state index contributed by atoms with van der Waals surface area (Å²) in [4.78, 5) is 11.0. The van der Waals surface area contributed by atoms with Crippen LogP contribution in [0.15, 0.2) is 71.4 Å². The van der Waals surface area contributed by atoms with E-state index in [1.54, 1.807) is 28.5 Å². The molecule has 5 aliphatic rings. The van der Waals surface area contributed by atoms with E-state index in [4.69, 9.17) is 9.72 Å². The molecule has 8 rings (SSSR count). The molecule has 3 aromatic rings. The molecular formula is C34H37N3OS. The van der Waals surface area contributed by atoms with Crippen molar-refractivity contribution < 1.29 is 4.74 Å². The minimum Gasteiger partial charge on any atom is -0.378 e. The number of anilines is 1. The first-order valence-electron chi connectivity index (χ1n) is 14.7. The highest BCUT2D eigenvalue weighted by molar-refractivity contribution is 8.12. The standard InChI is InChI=1S/C31H32N2O.C3H5NS/c1-2-7-27-26(6-1)28-12-9-23-18-22(8-11-25(23)30(28)19-29(27)21-4-3-5-21)24-10-13-31(32-20-24)33-14-16-34-17-15-33;1-2-5-3-4-1/h1,6,8-13,18,20-21,29H,2-5,7,14-17,19H2;3H,1-2H2. The molecule has 1 unspecified atom stereocenters. The van der Waals surface area contributed by atoms with Gasteiger partial charge in [0.1, 0.15) is 5.82 Å². The summed E-state index contributed by atoms with van der Waals surface area (Å²) < 4.78 is 5.48. The van der Waals surface area contributed by atoms with Crippen LogP contribution >= 0.6 is 11.8 Å². The van der Waals surface area contributed by atoms with Crippen molar-refractivity contribution in [3.63, 3.8) is 0 Å². The second kappa shape index (κ2) is 11.3. The molecule has 1 atom stereocenters. The molecule has 1 saturated heterocycles. The molecule has 4 nitrogen and oxygen atoms in total. The van der Waals surface area contributed by atoms with Crippen LogP contribution in [0.4, 0.5) is 5.82 Å². The maximum Gasteiger partial charge on any atom is 0.128 e. The van der Waals surface area contributed by atoms with E-state index in [0.717, 1.165) is 50.5 Å². The summed E-state index contributed by atoms with van der Waals surface area (Å²) in [5.41, 5.74) is 10.7. The predicted octanol–water partition coefficient (Wildman–Crippen LogP) is 7.58. The molecule has 2 aliphatic heterocycles. The highest BCUT2D eigenvalue weighted by Gasteiger charge is 2.35. The average molecular weight is 536 g/mol. The molecule has 2 fully saturated rings. The zero-order chi connectivity index (χ0) is 26.0. The van der Waals surface area contributed by atoms with Gasteiger partial charge >= 0.3 is 0 Å². The van der Waals surface area contributed by atoms with E-state index in [1.165, 1.54) is 71.7 Å². The van der Waals surface area contributed by atoms with Crippen LogP contribution in [0.5, 0.6) is 0 Å². The van der Waals surface area contributed by atoms with Crippen molar-refractivity contribution in [1.29, 1.82) is 0 Å². The Labute approximate surface area is 236 Å². The van der Waals surface area contributed by atoms with Crippen molar-refractivity contribution >= 4 is 39.5 Å². The first-order valence-corrected chi connectivity index (χ1v) is 15.7. The fourth-order valence-electron chi connectivity index (χ4n) is 6.81. The quantitative estimate of drug-likeness (QED) is 0.347. The Morgan fingerprint density at radius 3 is 2.59 bits per heavy atom. The lowest BCUT2D eigenvalue weighted by atomic mass is 9.64. The molecular weight excluding hydrogens is 498 g/mol. The van der Waals surface area contributed by atoms with E-state index in [9.17, 15) is 0 Å². The van der Waals surface area contributed by atoms with Gasteiger partial charge < -0.3 is 9.64 Å². The molecule has 2 aromatic carbocycles. The van der Waals surface area contributed by atoms with Crippen LogP contribution in [0.1, 0.15) is 43.2 Å². The summed E-state index contributed by atoms with van der Waals surface area (Å²) in [5.74, 6) is 3.90. The number of allylic oxidation sites excluding steroid dienone is 4. The van der Waals surface area contributed by atoms with E-state index in [2.05, 4.69) is 64.5 Å². The lowest BCUT2D eigenvalue weighted by Gasteiger charge is -2.40. The van der Waals surface area contributed by atoms with Gasteiger partial charge in [-0.15, -0.1) is 11.8 Å². The number of nitrogens with zero attached hydrogens (tertiary/aromatic N) is 3. The van der Waals surface area contributed by atoms with Crippen LogP contribution in [0.25, 0.3) is 27.5 Å².